The van der Waals surface area contributed by atoms with E-state index in [1.165, 1.54) is 26.9 Å². The highest BCUT2D eigenvalue weighted by Gasteiger charge is 2.23. The molecule has 62 heavy (non-hydrogen) atoms. The van der Waals surface area contributed by atoms with Gasteiger partial charge in [0.1, 0.15) is 16.8 Å². The highest BCUT2D eigenvalue weighted by molar-refractivity contribution is 7.26. The number of hydrogen-bond donors (Lipinski definition) is 0. The van der Waals surface area contributed by atoms with Gasteiger partial charge in [0.2, 0.25) is 0 Å². The highest BCUT2D eigenvalue weighted by atomic mass is 32.1. The maximum absolute atomic E-state index is 6.58. The third-order valence-electron chi connectivity index (χ3n) is 11.9. The van der Waals surface area contributed by atoms with Crippen LogP contribution >= 0.6 is 11.3 Å². The summed E-state index contributed by atoms with van der Waals surface area (Å²) in [6, 6.07) is 65.1. The molecule has 288 valence electrons. The molecule has 0 saturated carbocycles. The number of hydrogen-bond acceptors (Lipinski definition) is 7. The van der Waals surface area contributed by atoms with Gasteiger partial charge in [-0.2, -0.15) is 0 Å². The Hall–Kier alpha value is -8.13. The SMILES string of the molecule is c1ccc(-c2nc(-c3ccc4c5ccccc5c5ccccc5c4c3)nc(-c3cccc4sc5c(-c6nc(-c7ccccc7)nc7c6oc6ccccc67)cccc5c34)n2)cc1. The Kier molecular flexibility index (Phi) is 7.67. The average molecular weight is 810 g/mol. The van der Waals surface area contributed by atoms with Crippen LogP contribution in [0.1, 0.15) is 0 Å². The second-order valence-corrected chi connectivity index (χ2v) is 16.6. The third-order valence-corrected chi connectivity index (χ3v) is 13.1. The summed E-state index contributed by atoms with van der Waals surface area (Å²) in [6.07, 6.45) is 0. The number of nitrogens with zero attached hydrogens (tertiary/aromatic N) is 5. The Morgan fingerprint density at radius 2 is 0.887 bits per heavy atom. The fourth-order valence-electron chi connectivity index (χ4n) is 9.10. The van der Waals surface area contributed by atoms with Crippen LogP contribution in [-0.2, 0) is 0 Å². The predicted molar refractivity (Wildman–Crippen MR) is 255 cm³/mol. The molecule has 13 rings (SSSR count). The monoisotopic (exact) mass is 809 g/mol. The molecular weight excluding hydrogens is 779 g/mol. The molecule has 0 fully saturated rings. The Bertz CT molecular complexity index is 3900. The van der Waals surface area contributed by atoms with Crippen LogP contribution in [0.4, 0.5) is 0 Å². The number of para-hydroxylation sites is 1. The molecule has 0 saturated heterocycles. The van der Waals surface area contributed by atoms with Gasteiger partial charge in [-0.15, -0.1) is 11.3 Å². The van der Waals surface area contributed by atoms with Crippen molar-refractivity contribution in [2.45, 2.75) is 0 Å². The van der Waals surface area contributed by atoms with Crippen LogP contribution in [0, 0.1) is 0 Å². The number of thiophene rings is 1. The molecule has 4 aromatic heterocycles. The van der Waals surface area contributed by atoms with Gasteiger partial charge in [0.25, 0.3) is 0 Å². The predicted octanol–water partition coefficient (Wildman–Crippen LogP) is 14.7. The first kappa shape index (κ1) is 34.7. The molecule has 4 heterocycles. The number of furan rings is 1. The molecule has 0 atom stereocenters. The first-order chi connectivity index (χ1) is 30.7. The second-order valence-electron chi connectivity index (χ2n) is 15.5. The molecule has 0 amide bonds. The Morgan fingerprint density at radius 1 is 0.355 bits per heavy atom. The van der Waals surface area contributed by atoms with Gasteiger partial charge in [-0.25, -0.2) is 24.9 Å². The lowest BCUT2D eigenvalue weighted by atomic mass is 9.93. The van der Waals surface area contributed by atoms with E-state index in [9.17, 15) is 0 Å². The molecule has 0 N–H and O–H groups in total. The molecule has 0 aliphatic rings. The molecule has 0 bridgehead atoms. The molecular formula is C55H31N5OS. The molecule has 6 nitrogen and oxygen atoms in total. The van der Waals surface area contributed by atoms with Crippen molar-refractivity contribution in [3.63, 3.8) is 0 Å². The van der Waals surface area contributed by atoms with Gasteiger partial charge in [0.05, 0.1) is 0 Å². The lowest BCUT2D eigenvalue weighted by Gasteiger charge is -2.13. The van der Waals surface area contributed by atoms with E-state index in [0.29, 0.717) is 28.9 Å². The minimum absolute atomic E-state index is 0.612. The van der Waals surface area contributed by atoms with E-state index in [0.717, 1.165) is 75.6 Å². The maximum atomic E-state index is 6.58. The van der Waals surface area contributed by atoms with E-state index in [1.807, 2.05) is 66.7 Å². The fourth-order valence-corrected chi connectivity index (χ4v) is 10.3. The van der Waals surface area contributed by atoms with Gasteiger partial charge in [-0.05, 0) is 56.6 Å². The van der Waals surface area contributed by atoms with Crippen LogP contribution in [0.25, 0.3) is 131 Å². The van der Waals surface area contributed by atoms with Crippen LogP contribution in [0.5, 0.6) is 0 Å². The van der Waals surface area contributed by atoms with Crippen LogP contribution in [-0.4, -0.2) is 24.9 Å². The van der Waals surface area contributed by atoms with Gasteiger partial charge in [-0.3, -0.25) is 0 Å². The second kappa shape index (κ2) is 13.7. The van der Waals surface area contributed by atoms with E-state index in [1.54, 1.807) is 11.3 Å². The highest BCUT2D eigenvalue weighted by Crippen LogP contribution is 2.46. The number of fused-ring (bicyclic) bond motifs is 12. The summed E-state index contributed by atoms with van der Waals surface area (Å²) in [6.45, 7) is 0. The summed E-state index contributed by atoms with van der Waals surface area (Å²) in [4.78, 5) is 26.1. The molecule has 7 heteroatoms. The molecule has 9 aromatic carbocycles. The first-order valence-corrected chi connectivity index (χ1v) is 21.4. The molecule has 0 spiro atoms. The average Bonchev–Trinajstić information content (AvgIpc) is 3.93. The summed E-state index contributed by atoms with van der Waals surface area (Å²) in [5, 5.41) is 10.4. The molecule has 0 radical (unpaired) electrons. The minimum atomic E-state index is 0.612. The smallest absolute Gasteiger partial charge is 0.180 e. The van der Waals surface area contributed by atoms with E-state index in [4.69, 9.17) is 29.3 Å². The Balaban J connectivity index is 1.04. The maximum Gasteiger partial charge on any atom is 0.180 e. The van der Waals surface area contributed by atoms with Crippen molar-refractivity contribution in [2.75, 3.05) is 0 Å². The molecule has 0 aliphatic heterocycles. The van der Waals surface area contributed by atoms with E-state index >= 15 is 0 Å². The number of rotatable bonds is 5. The third kappa shape index (κ3) is 5.39. The number of aromatic nitrogens is 5. The van der Waals surface area contributed by atoms with Crippen molar-refractivity contribution in [3.05, 3.63) is 188 Å². The Morgan fingerprint density at radius 3 is 1.60 bits per heavy atom. The zero-order chi connectivity index (χ0) is 40.7. The molecule has 13 aromatic rings. The van der Waals surface area contributed by atoms with Crippen molar-refractivity contribution in [1.82, 2.24) is 24.9 Å². The first-order valence-electron chi connectivity index (χ1n) is 20.6. The summed E-state index contributed by atoms with van der Waals surface area (Å²) in [5.41, 5.74) is 7.71. The largest absolute Gasteiger partial charge is 0.452 e. The van der Waals surface area contributed by atoms with Crippen molar-refractivity contribution < 1.29 is 4.42 Å². The molecule has 0 unspecified atom stereocenters. The summed E-state index contributed by atoms with van der Waals surface area (Å²) in [5.74, 6) is 2.50. The lowest BCUT2D eigenvalue weighted by Crippen LogP contribution is -2.00. The van der Waals surface area contributed by atoms with Gasteiger partial charge in [0.15, 0.2) is 28.9 Å². The van der Waals surface area contributed by atoms with Crippen molar-refractivity contribution in [1.29, 1.82) is 0 Å². The fraction of sp³-hybridized carbons (Fsp3) is 0. The Labute approximate surface area is 358 Å². The van der Waals surface area contributed by atoms with Crippen LogP contribution in [0.2, 0.25) is 0 Å². The zero-order valence-corrected chi connectivity index (χ0v) is 33.8. The van der Waals surface area contributed by atoms with Gasteiger partial charge >= 0.3 is 0 Å². The van der Waals surface area contributed by atoms with E-state index < -0.39 is 0 Å². The van der Waals surface area contributed by atoms with Crippen LogP contribution in [0.15, 0.2) is 192 Å². The van der Waals surface area contributed by atoms with Gasteiger partial charge in [-0.1, -0.05) is 164 Å². The zero-order valence-electron chi connectivity index (χ0n) is 33.0. The van der Waals surface area contributed by atoms with Crippen LogP contribution < -0.4 is 0 Å². The van der Waals surface area contributed by atoms with E-state index in [-0.39, 0.29) is 0 Å². The standard InChI is InChI=1S/C55H31N5OS/c1-3-15-32(16-4-1)52-56-48-40-23-11-12-27-45(40)61-50(48)49(57-52)43-26-13-24-41-47-42(25-14-28-46(47)62-51(41)43)55-59-53(33-17-5-2-6-18-33)58-54(60-55)34-29-30-39-37-21-8-7-19-35(37)36-20-9-10-22-38(36)44(39)31-34/h1-31H. The van der Waals surface area contributed by atoms with Gasteiger partial charge < -0.3 is 4.42 Å². The lowest BCUT2D eigenvalue weighted by molar-refractivity contribution is 0.667. The van der Waals surface area contributed by atoms with Crippen molar-refractivity contribution in [3.8, 4) is 56.8 Å². The number of benzene rings is 9. The van der Waals surface area contributed by atoms with Crippen LogP contribution in [0.3, 0.4) is 0 Å². The van der Waals surface area contributed by atoms with Crippen molar-refractivity contribution >= 4 is 85.9 Å². The quantitative estimate of drug-likeness (QED) is 0.161. The molecule has 0 aliphatic carbocycles. The summed E-state index contributed by atoms with van der Waals surface area (Å²) in [7, 11) is 0. The van der Waals surface area contributed by atoms with Crippen molar-refractivity contribution in [2.24, 2.45) is 0 Å². The summed E-state index contributed by atoms with van der Waals surface area (Å²) >= 11 is 1.74. The normalized spacial score (nSPS) is 11.9. The summed E-state index contributed by atoms with van der Waals surface area (Å²) < 4.78 is 8.80. The van der Waals surface area contributed by atoms with Gasteiger partial charge in [0, 0.05) is 53.4 Å². The topological polar surface area (TPSA) is 77.6 Å². The van der Waals surface area contributed by atoms with E-state index in [2.05, 4.69) is 121 Å². The minimum Gasteiger partial charge on any atom is -0.452 e.